The number of aryl methyl sites for hydroxylation is 2. The molecular weight excluding hydrogens is 739 g/mol. The van der Waals surface area contributed by atoms with Crippen LogP contribution in [0.2, 0.25) is 7.25 Å². The van der Waals surface area contributed by atoms with Crippen LogP contribution in [0.25, 0.3) is 34.4 Å². The number of hydrogen-bond acceptors (Lipinski definition) is 0. The van der Waals surface area contributed by atoms with Crippen LogP contribution in [-0.4, -0.2) is 0 Å². The van der Waals surface area contributed by atoms with E-state index in [0.29, 0.717) is 19.1 Å². The van der Waals surface area contributed by atoms with Crippen LogP contribution in [0.1, 0.15) is 121 Å². The molecule has 51 heavy (non-hydrogen) atoms. The largest absolute Gasteiger partial charge is 1.00 e. The fourth-order valence-corrected chi connectivity index (χ4v) is 34.0. The van der Waals surface area contributed by atoms with Crippen molar-refractivity contribution < 1.29 is 45.1 Å². The Morgan fingerprint density at radius 3 is 1.29 bits per heavy atom. The average molecular weight is 795 g/mol. The van der Waals surface area contributed by atoms with Crippen molar-refractivity contribution in [1.82, 2.24) is 0 Å². The fourth-order valence-electron chi connectivity index (χ4n) is 11.0. The minimum atomic E-state index is -3.09. The van der Waals surface area contributed by atoms with Crippen molar-refractivity contribution in [1.29, 1.82) is 0 Å². The summed E-state index contributed by atoms with van der Waals surface area (Å²) in [7, 11) is 0. The average Bonchev–Trinajstić information content (AvgIpc) is 3.39. The zero-order valence-corrected chi connectivity index (χ0v) is 35.6. The summed E-state index contributed by atoms with van der Waals surface area (Å²) in [6.07, 6.45) is 16.0. The maximum absolute atomic E-state index is 3.09. The summed E-state index contributed by atoms with van der Waals surface area (Å²) in [5, 5.41) is 0. The van der Waals surface area contributed by atoms with Gasteiger partial charge in [-0.1, -0.05) is 0 Å². The van der Waals surface area contributed by atoms with Gasteiger partial charge >= 0.3 is 303 Å². The first-order chi connectivity index (χ1) is 23.8. The Bertz CT molecular complexity index is 1770. The van der Waals surface area contributed by atoms with Crippen LogP contribution in [0.3, 0.4) is 0 Å². The second kappa shape index (κ2) is 15.7. The summed E-state index contributed by atoms with van der Waals surface area (Å²) in [5.74, 6) is 1.33. The number of rotatable bonds is 10. The topological polar surface area (TPSA) is 0 Å². The van der Waals surface area contributed by atoms with Gasteiger partial charge in [-0.05, 0) is 0 Å². The number of allylic oxidation sites excluding steroid dienone is 2. The van der Waals surface area contributed by atoms with Crippen molar-refractivity contribution in [3.05, 3.63) is 129 Å². The summed E-state index contributed by atoms with van der Waals surface area (Å²) in [6.45, 7) is 14.3. The summed E-state index contributed by atoms with van der Waals surface area (Å²) in [6, 6.07) is 33.8. The first kappa shape index (κ1) is 38.5. The van der Waals surface area contributed by atoms with Gasteiger partial charge in [-0.2, -0.15) is 0 Å². The zero-order valence-electron chi connectivity index (χ0n) is 31.6. The van der Waals surface area contributed by atoms with Gasteiger partial charge in [0, 0.05) is 0 Å². The Hall–Kier alpha value is -2.18. The molecule has 1 heterocycles. The summed E-state index contributed by atoms with van der Waals surface area (Å²) in [5.41, 5.74) is 18.7. The molecule has 4 atom stereocenters. The third kappa shape index (κ3) is 6.66. The molecule has 3 aliphatic carbocycles. The molecule has 0 radical (unpaired) electrons. The van der Waals surface area contributed by atoms with Crippen LogP contribution >= 0.6 is 0 Å². The van der Waals surface area contributed by atoms with Crippen LogP contribution in [-0.2, 0) is 33.1 Å². The molecule has 0 amide bonds. The van der Waals surface area contributed by atoms with Crippen LogP contribution in [0.15, 0.2) is 96.1 Å². The van der Waals surface area contributed by atoms with Crippen molar-refractivity contribution in [2.45, 2.75) is 107 Å². The SMILES string of the molecule is CCc1ccc(-c2cccc3c2C=C(CC(C)C)[CH]3[Zr+2]2([CH]3C(CC(C)C)=Cc4c(-c5ccc(CC)cc5)cccc43)[CH]3CCCC[CH]32)cc1.[Cl-].[Cl-]. The third-order valence-corrected chi connectivity index (χ3v) is 29.9. The predicted molar refractivity (Wildman–Crippen MR) is 209 cm³/mol. The van der Waals surface area contributed by atoms with Gasteiger partial charge in [0.05, 0.1) is 0 Å². The van der Waals surface area contributed by atoms with Crippen LogP contribution in [0.5, 0.6) is 0 Å². The van der Waals surface area contributed by atoms with E-state index in [-0.39, 0.29) is 24.8 Å². The Morgan fingerprint density at radius 2 is 0.941 bits per heavy atom. The number of halogens is 2. The standard InChI is InChI=1S/2C21H23.C6H10.2ClH.Zr/c2*1-4-16-8-10-18(11-9-16)20-7-5-6-19-13-17(12-15(2)3)14-21(19)20;1-2-4-6-5-3-1;;;/h2*5-11,13-15H,4,12H2,1-3H3;1-2H,3-6H2;2*1H;/q;;;;;+2/p-2. The molecule has 1 saturated heterocycles. The molecular formula is C48H56Cl2Zr. The smallest absolute Gasteiger partial charge is 1.00 e. The quantitative estimate of drug-likeness (QED) is 0.152. The van der Waals surface area contributed by atoms with Gasteiger partial charge in [-0.3, -0.25) is 0 Å². The first-order valence-corrected chi connectivity index (χ1v) is 25.4. The molecule has 0 bridgehead atoms. The fraction of sp³-hybridized carbons (Fsp3) is 0.417. The van der Waals surface area contributed by atoms with E-state index in [2.05, 4.69) is 139 Å². The van der Waals surface area contributed by atoms with Crippen LogP contribution < -0.4 is 24.8 Å². The molecule has 0 nitrogen and oxygen atoms in total. The van der Waals surface area contributed by atoms with Crippen molar-refractivity contribution in [3.63, 3.8) is 0 Å². The van der Waals surface area contributed by atoms with E-state index in [9.17, 15) is 0 Å². The van der Waals surface area contributed by atoms with Crippen molar-refractivity contribution in [2.75, 3.05) is 0 Å². The molecule has 3 heteroatoms. The van der Waals surface area contributed by atoms with E-state index >= 15 is 0 Å². The number of hydrogen-bond donors (Lipinski definition) is 0. The monoisotopic (exact) mass is 792 g/mol. The number of benzene rings is 4. The van der Waals surface area contributed by atoms with Gasteiger partial charge in [0.1, 0.15) is 0 Å². The molecule has 2 fully saturated rings. The molecule has 0 aromatic heterocycles. The molecule has 0 spiro atoms. The van der Waals surface area contributed by atoms with Gasteiger partial charge in [0.15, 0.2) is 0 Å². The normalized spacial score (nSPS) is 23.0. The van der Waals surface area contributed by atoms with Crippen LogP contribution in [0, 0.1) is 11.8 Å². The minimum absolute atomic E-state index is 0. The molecule has 8 rings (SSSR count). The first-order valence-electron chi connectivity index (χ1n) is 19.7. The van der Waals surface area contributed by atoms with Gasteiger partial charge in [0.25, 0.3) is 0 Å². The van der Waals surface area contributed by atoms with Gasteiger partial charge in [-0.15, -0.1) is 0 Å². The van der Waals surface area contributed by atoms with Crippen molar-refractivity contribution in [2.24, 2.45) is 11.8 Å². The summed E-state index contributed by atoms with van der Waals surface area (Å²) >= 11 is -3.09. The van der Waals surface area contributed by atoms with E-state index in [1.807, 2.05) is 0 Å². The Kier molecular flexibility index (Phi) is 11.8. The molecule has 4 aromatic rings. The molecule has 1 saturated carbocycles. The van der Waals surface area contributed by atoms with E-state index in [0.717, 1.165) is 20.1 Å². The molecule has 4 aromatic carbocycles. The Morgan fingerprint density at radius 1 is 0.549 bits per heavy atom. The van der Waals surface area contributed by atoms with E-state index in [4.69, 9.17) is 0 Å². The Labute approximate surface area is 325 Å². The molecule has 4 aliphatic rings. The van der Waals surface area contributed by atoms with Gasteiger partial charge in [-0.25, -0.2) is 0 Å². The second-order valence-electron chi connectivity index (χ2n) is 16.7. The van der Waals surface area contributed by atoms with Crippen LogP contribution in [0.4, 0.5) is 0 Å². The minimum Gasteiger partial charge on any atom is -1.00 e. The molecule has 1 aliphatic heterocycles. The maximum atomic E-state index is 2.74. The maximum Gasteiger partial charge on any atom is -1.00 e. The third-order valence-electron chi connectivity index (χ3n) is 12.9. The predicted octanol–water partition coefficient (Wildman–Crippen LogP) is 8.14. The molecule has 266 valence electrons. The second-order valence-corrected chi connectivity index (χ2v) is 28.1. The van der Waals surface area contributed by atoms with Crippen molar-refractivity contribution >= 4 is 12.2 Å². The molecule has 4 unspecified atom stereocenters. The van der Waals surface area contributed by atoms with E-state index in [1.165, 1.54) is 71.9 Å². The Balaban J connectivity index is 0.00000224. The van der Waals surface area contributed by atoms with Crippen molar-refractivity contribution in [3.8, 4) is 22.3 Å². The molecule has 0 N–H and O–H groups in total. The van der Waals surface area contributed by atoms with E-state index in [1.54, 1.807) is 33.4 Å². The zero-order chi connectivity index (χ0) is 33.9. The summed E-state index contributed by atoms with van der Waals surface area (Å²) < 4.78 is 3.38. The summed E-state index contributed by atoms with van der Waals surface area (Å²) in [4.78, 5) is 0. The van der Waals surface area contributed by atoms with E-state index < -0.39 is 20.3 Å². The number of fused-ring (bicyclic) bond motifs is 3. The van der Waals surface area contributed by atoms with Gasteiger partial charge < -0.3 is 24.8 Å². The van der Waals surface area contributed by atoms with Gasteiger partial charge in [0.2, 0.25) is 0 Å².